The van der Waals surface area contributed by atoms with Crippen molar-refractivity contribution in [3.05, 3.63) is 29.3 Å². The summed E-state index contributed by atoms with van der Waals surface area (Å²) in [5.41, 5.74) is 7.84. The molecule has 4 heteroatoms. The molecular weight excluding hydrogens is 240 g/mol. The Hall–Kier alpha value is -1.55. The highest BCUT2D eigenvalue weighted by Crippen LogP contribution is 2.13. The largest absolute Gasteiger partial charge is 0.398 e. The van der Waals surface area contributed by atoms with E-state index in [9.17, 15) is 4.79 Å². The summed E-state index contributed by atoms with van der Waals surface area (Å²) in [6.45, 7) is 8.02. The monoisotopic (exact) mass is 264 g/mol. The van der Waals surface area contributed by atoms with Crippen LogP contribution in [0.25, 0.3) is 0 Å². The second-order valence-electron chi connectivity index (χ2n) is 5.14. The van der Waals surface area contributed by atoms with Gasteiger partial charge in [0.2, 0.25) is 0 Å². The van der Waals surface area contributed by atoms with Crippen molar-refractivity contribution in [1.29, 1.82) is 0 Å². The third kappa shape index (κ3) is 5.75. The fourth-order valence-electron chi connectivity index (χ4n) is 1.62. The summed E-state index contributed by atoms with van der Waals surface area (Å²) in [6.07, 6.45) is 1.04. The van der Waals surface area contributed by atoms with Crippen molar-refractivity contribution < 1.29 is 9.53 Å². The molecule has 0 aromatic heterocycles. The number of nitrogens with one attached hydrogen (secondary N) is 1. The van der Waals surface area contributed by atoms with Crippen LogP contribution in [0.2, 0.25) is 0 Å². The van der Waals surface area contributed by atoms with E-state index in [-0.39, 0.29) is 5.91 Å². The molecule has 0 heterocycles. The lowest BCUT2D eigenvalue weighted by Gasteiger charge is -2.09. The number of aryl methyl sites for hydroxylation is 1. The molecule has 0 radical (unpaired) electrons. The molecule has 0 aliphatic carbocycles. The summed E-state index contributed by atoms with van der Waals surface area (Å²) in [4.78, 5) is 11.9. The molecule has 4 nitrogen and oxygen atoms in total. The van der Waals surface area contributed by atoms with Crippen molar-refractivity contribution >= 4 is 11.6 Å². The van der Waals surface area contributed by atoms with Crippen molar-refractivity contribution in [2.75, 3.05) is 25.5 Å². The number of carbonyl (C=O) groups excluding carboxylic acids is 1. The number of benzene rings is 1. The van der Waals surface area contributed by atoms with E-state index in [1.54, 1.807) is 12.1 Å². The molecule has 1 aromatic carbocycles. The molecule has 0 fully saturated rings. The zero-order chi connectivity index (χ0) is 14.3. The lowest BCUT2D eigenvalue weighted by atomic mass is 10.1. The van der Waals surface area contributed by atoms with Gasteiger partial charge in [-0.1, -0.05) is 25.5 Å². The van der Waals surface area contributed by atoms with Crippen molar-refractivity contribution in [2.45, 2.75) is 27.2 Å². The van der Waals surface area contributed by atoms with Crippen molar-refractivity contribution in [3.8, 4) is 0 Å². The van der Waals surface area contributed by atoms with Crippen LogP contribution in [0.5, 0.6) is 0 Å². The SMILES string of the molecule is Cc1ccc(N)c(C(=O)NCCOCCC(C)C)c1. The van der Waals surface area contributed by atoms with E-state index in [0.29, 0.717) is 30.3 Å². The Balaban J connectivity index is 2.29. The maximum Gasteiger partial charge on any atom is 0.253 e. The molecule has 0 aliphatic rings. The molecule has 0 spiro atoms. The number of hydrogen-bond donors (Lipinski definition) is 2. The molecule has 19 heavy (non-hydrogen) atoms. The molecule has 0 saturated heterocycles. The van der Waals surface area contributed by atoms with Crippen LogP contribution >= 0.6 is 0 Å². The Labute approximate surface area is 115 Å². The van der Waals surface area contributed by atoms with Gasteiger partial charge in [0.05, 0.1) is 12.2 Å². The normalized spacial score (nSPS) is 10.7. The van der Waals surface area contributed by atoms with Gasteiger partial charge in [0.25, 0.3) is 5.91 Å². The van der Waals surface area contributed by atoms with Crippen molar-refractivity contribution in [3.63, 3.8) is 0 Å². The second kappa shape index (κ2) is 7.79. The smallest absolute Gasteiger partial charge is 0.253 e. The van der Waals surface area contributed by atoms with E-state index < -0.39 is 0 Å². The fraction of sp³-hybridized carbons (Fsp3) is 0.533. The summed E-state index contributed by atoms with van der Waals surface area (Å²) >= 11 is 0. The van der Waals surface area contributed by atoms with Crippen LogP contribution in [0.15, 0.2) is 18.2 Å². The molecule has 0 aliphatic heterocycles. The number of rotatable bonds is 7. The lowest BCUT2D eigenvalue weighted by molar-refractivity contribution is 0.0906. The molecule has 1 aromatic rings. The summed E-state index contributed by atoms with van der Waals surface area (Å²) in [5.74, 6) is 0.496. The molecule has 106 valence electrons. The number of amides is 1. The standard InChI is InChI=1S/C15H24N2O2/c1-11(2)6-8-19-9-7-17-15(18)13-10-12(3)4-5-14(13)16/h4-5,10-11H,6-9,16H2,1-3H3,(H,17,18). The lowest BCUT2D eigenvalue weighted by Crippen LogP contribution is -2.28. The Morgan fingerprint density at radius 2 is 2.11 bits per heavy atom. The van der Waals surface area contributed by atoms with Gasteiger partial charge in [-0.15, -0.1) is 0 Å². The molecule has 0 atom stereocenters. The van der Waals surface area contributed by atoms with Gasteiger partial charge in [0.15, 0.2) is 0 Å². The quantitative estimate of drug-likeness (QED) is 0.587. The minimum Gasteiger partial charge on any atom is -0.398 e. The summed E-state index contributed by atoms with van der Waals surface area (Å²) in [6, 6.07) is 5.44. The van der Waals surface area contributed by atoms with Gasteiger partial charge in [-0.2, -0.15) is 0 Å². The Bertz CT molecular complexity index is 417. The Kier molecular flexibility index (Phi) is 6.36. The molecule has 0 saturated carbocycles. The molecule has 0 unspecified atom stereocenters. The van der Waals surface area contributed by atoms with Crippen LogP contribution < -0.4 is 11.1 Å². The van der Waals surface area contributed by atoms with E-state index in [4.69, 9.17) is 10.5 Å². The summed E-state index contributed by atoms with van der Waals surface area (Å²) in [7, 11) is 0. The second-order valence-corrected chi connectivity index (χ2v) is 5.14. The average Bonchev–Trinajstić information content (AvgIpc) is 2.36. The van der Waals surface area contributed by atoms with E-state index >= 15 is 0 Å². The number of nitrogen functional groups attached to an aromatic ring is 1. The predicted octanol–water partition coefficient (Wildman–Crippen LogP) is 2.37. The highest BCUT2D eigenvalue weighted by molar-refractivity contribution is 5.99. The maximum atomic E-state index is 11.9. The van der Waals surface area contributed by atoms with Crippen LogP contribution in [0.4, 0.5) is 5.69 Å². The highest BCUT2D eigenvalue weighted by atomic mass is 16.5. The van der Waals surface area contributed by atoms with Crippen LogP contribution in [-0.4, -0.2) is 25.7 Å². The number of carbonyl (C=O) groups is 1. The minimum absolute atomic E-state index is 0.145. The molecular formula is C15H24N2O2. The first kappa shape index (κ1) is 15.5. The predicted molar refractivity (Wildman–Crippen MR) is 78.2 cm³/mol. The first-order valence-electron chi connectivity index (χ1n) is 6.72. The van der Waals surface area contributed by atoms with Crippen molar-refractivity contribution in [1.82, 2.24) is 5.32 Å². The highest BCUT2D eigenvalue weighted by Gasteiger charge is 2.08. The molecule has 1 rings (SSSR count). The number of anilines is 1. The number of hydrogen-bond acceptors (Lipinski definition) is 3. The fourth-order valence-corrected chi connectivity index (χ4v) is 1.62. The third-order valence-corrected chi connectivity index (χ3v) is 2.82. The topological polar surface area (TPSA) is 64.4 Å². The van der Waals surface area contributed by atoms with E-state index in [1.807, 2.05) is 13.0 Å². The van der Waals surface area contributed by atoms with Crippen molar-refractivity contribution in [2.24, 2.45) is 5.92 Å². The molecule has 1 amide bonds. The van der Waals surface area contributed by atoms with E-state index in [1.165, 1.54) is 0 Å². The van der Waals surface area contributed by atoms with Gasteiger partial charge < -0.3 is 15.8 Å². The van der Waals surface area contributed by atoms with Gasteiger partial charge in [-0.05, 0) is 31.4 Å². The number of ether oxygens (including phenoxy) is 1. The van der Waals surface area contributed by atoms with Gasteiger partial charge in [0.1, 0.15) is 0 Å². The van der Waals surface area contributed by atoms with E-state index in [0.717, 1.165) is 18.6 Å². The van der Waals surface area contributed by atoms with Gasteiger partial charge in [0, 0.05) is 18.8 Å². The zero-order valence-electron chi connectivity index (χ0n) is 12.0. The molecule has 0 bridgehead atoms. The van der Waals surface area contributed by atoms with Gasteiger partial charge >= 0.3 is 0 Å². The minimum atomic E-state index is -0.145. The zero-order valence-corrected chi connectivity index (χ0v) is 12.0. The van der Waals surface area contributed by atoms with Crippen LogP contribution in [0, 0.1) is 12.8 Å². The van der Waals surface area contributed by atoms with Crippen LogP contribution in [0.3, 0.4) is 0 Å². The van der Waals surface area contributed by atoms with Gasteiger partial charge in [-0.3, -0.25) is 4.79 Å². The number of nitrogens with two attached hydrogens (primary N) is 1. The Morgan fingerprint density at radius 3 is 2.79 bits per heavy atom. The van der Waals surface area contributed by atoms with Crippen LogP contribution in [0.1, 0.15) is 36.2 Å². The summed E-state index contributed by atoms with van der Waals surface area (Å²) < 4.78 is 5.44. The van der Waals surface area contributed by atoms with Crippen LogP contribution in [-0.2, 0) is 4.74 Å². The Morgan fingerprint density at radius 1 is 1.37 bits per heavy atom. The maximum absolute atomic E-state index is 11.9. The first-order valence-corrected chi connectivity index (χ1v) is 6.72. The summed E-state index contributed by atoms with van der Waals surface area (Å²) in [5, 5.41) is 2.81. The molecule has 3 N–H and O–H groups in total. The first-order chi connectivity index (χ1) is 9.00. The average molecular weight is 264 g/mol. The third-order valence-electron chi connectivity index (χ3n) is 2.82. The van der Waals surface area contributed by atoms with Gasteiger partial charge in [-0.25, -0.2) is 0 Å². The van der Waals surface area contributed by atoms with E-state index in [2.05, 4.69) is 19.2 Å².